The second-order valence-electron chi connectivity index (χ2n) is 7.56. The van der Waals surface area contributed by atoms with E-state index in [1.54, 1.807) is 30.3 Å². The zero-order chi connectivity index (χ0) is 21.0. The average Bonchev–Trinajstić information content (AvgIpc) is 3.19. The molecule has 1 amide bonds. The van der Waals surface area contributed by atoms with Crippen LogP contribution in [-0.2, 0) is 14.8 Å². The van der Waals surface area contributed by atoms with Crippen molar-refractivity contribution in [1.29, 1.82) is 0 Å². The third-order valence-electron chi connectivity index (χ3n) is 4.94. The summed E-state index contributed by atoms with van der Waals surface area (Å²) in [4.78, 5) is 13.1. The highest BCUT2D eigenvalue weighted by molar-refractivity contribution is 7.89. The van der Waals surface area contributed by atoms with Crippen LogP contribution in [0.3, 0.4) is 0 Å². The summed E-state index contributed by atoms with van der Waals surface area (Å²) >= 11 is 0. The van der Waals surface area contributed by atoms with E-state index in [1.165, 1.54) is 4.31 Å². The van der Waals surface area contributed by atoms with Crippen LogP contribution in [0.4, 0.5) is 0 Å². The second kappa shape index (κ2) is 8.97. The number of ether oxygens (including phenoxy) is 1. The monoisotopic (exact) mass is 416 g/mol. The number of nitrogens with one attached hydrogen (secondary N) is 1. The van der Waals surface area contributed by atoms with Crippen molar-refractivity contribution in [2.45, 2.75) is 56.7 Å². The van der Waals surface area contributed by atoms with Crippen LogP contribution in [0.5, 0.6) is 5.75 Å². The van der Waals surface area contributed by atoms with Crippen molar-refractivity contribution in [3.63, 3.8) is 0 Å². The molecule has 2 aromatic carbocycles. The number of benzene rings is 2. The molecule has 0 saturated carbocycles. The van der Waals surface area contributed by atoms with E-state index in [-0.39, 0.29) is 22.9 Å². The molecule has 0 aliphatic carbocycles. The fourth-order valence-electron chi connectivity index (χ4n) is 3.54. The van der Waals surface area contributed by atoms with Crippen LogP contribution in [0.25, 0.3) is 0 Å². The van der Waals surface area contributed by atoms with E-state index < -0.39 is 16.1 Å². The molecule has 2 aromatic rings. The molecule has 156 valence electrons. The van der Waals surface area contributed by atoms with Crippen LogP contribution in [0.1, 0.15) is 45.2 Å². The van der Waals surface area contributed by atoms with E-state index >= 15 is 0 Å². The Bertz CT molecular complexity index is 944. The van der Waals surface area contributed by atoms with Gasteiger partial charge in [-0.2, -0.15) is 4.31 Å². The maximum atomic E-state index is 13.0. The Hall–Kier alpha value is -2.38. The number of sulfonamides is 1. The lowest BCUT2D eigenvalue weighted by Gasteiger charge is -2.25. The average molecular weight is 417 g/mol. The van der Waals surface area contributed by atoms with E-state index in [2.05, 4.69) is 5.32 Å². The first-order valence-electron chi connectivity index (χ1n) is 9.93. The van der Waals surface area contributed by atoms with Gasteiger partial charge >= 0.3 is 0 Å². The highest BCUT2D eigenvalue weighted by Crippen LogP contribution is 2.27. The van der Waals surface area contributed by atoms with Crippen LogP contribution in [-0.4, -0.2) is 37.3 Å². The summed E-state index contributed by atoms with van der Waals surface area (Å²) in [5.41, 5.74) is 0.909. The van der Waals surface area contributed by atoms with Gasteiger partial charge in [-0.15, -0.1) is 0 Å². The van der Waals surface area contributed by atoms with Gasteiger partial charge in [0, 0.05) is 6.54 Å². The number of nitrogens with zero attached hydrogens (tertiary/aromatic N) is 1. The summed E-state index contributed by atoms with van der Waals surface area (Å²) in [6.45, 7) is 6.15. The van der Waals surface area contributed by atoms with Crippen LogP contribution in [0.2, 0.25) is 0 Å². The number of carbonyl (C=O) groups excluding carboxylic acids is 1. The largest absolute Gasteiger partial charge is 0.491 e. The Labute approximate surface area is 172 Å². The maximum absolute atomic E-state index is 13.0. The molecule has 1 fully saturated rings. The van der Waals surface area contributed by atoms with Gasteiger partial charge in [0.25, 0.3) is 0 Å². The molecule has 1 aliphatic heterocycles. The molecule has 1 heterocycles. The summed E-state index contributed by atoms with van der Waals surface area (Å²) in [6.07, 6.45) is 1.24. The molecular formula is C22H28N2O4S. The fraction of sp³-hybridized carbons (Fsp3) is 0.409. The minimum atomic E-state index is -3.70. The molecule has 2 atom stereocenters. The summed E-state index contributed by atoms with van der Waals surface area (Å²) in [5.74, 6) is 0.470. The minimum Gasteiger partial charge on any atom is -0.491 e. The predicted molar refractivity (Wildman–Crippen MR) is 112 cm³/mol. The van der Waals surface area contributed by atoms with Crippen molar-refractivity contribution >= 4 is 15.9 Å². The summed E-state index contributed by atoms with van der Waals surface area (Å²) in [5, 5.41) is 2.97. The van der Waals surface area contributed by atoms with Crippen molar-refractivity contribution in [3.05, 3.63) is 60.2 Å². The van der Waals surface area contributed by atoms with Gasteiger partial charge < -0.3 is 10.1 Å². The fourth-order valence-corrected chi connectivity index (χ4v) is 5.22. The number of rotatable bonds is 7. The minimum absolute atomic E-state index is 0.0605. The predicted octanol–water partition coefficient (Wildman–Crippen LogP) is 3.50. The summed E-state index contributed by atoms with van der Waals surface area (Å²) in [6, 6.07) is 14.9. The maximum Gasteiger partial charge on any atom is 0.243 e. The molecule has 1 saturated heterocycles. The van der Waals surface area contributed by atoms with Crippen molar-refractivity contribution in [3.8, 4) is 5.75 Å². The van der Waals surface area contributed by atoms with Crippen molar-refractivity contribution in [2.24, 2.45) is 0 Å². The van der Waals surface area contributed by atoms with E-state index in [0.717, 1.165) is 11.3 Å². The number of hydrogen-bond donors (Lipinski definition) is 1. The highest BCUT2D eigenvalue weighted by atomic mass is 32.2. The Morgan fingerprint density at radius 3 is 2.52 bits per heavy atom. The van der Waals surface area contributed by atoms with Crippen molar-refractivity contribution < 1.29 is 17.9 Å². The zero-order valence-electron chi connectivity index (χ0n) is 17.0. The van der Waals surface area contributed by atoms with E-state index in [0.29, 0.717) is 19.4 Å². The van der Waals surface area contributed by atoms with Gasteiger partial charge in [0.05, 0.1) is 17.0 Å². The molecule has 0 radical (unpaired) electrons. The third-order valence-corrected chi connectivity index (χ3v) is 6.87. The lowest BCUT2D eigenvalue weighted by atomic mass is 10.1. The topological polar surface area (TPSA) is 75.7 Å². The molecule has 7 heteroatoms. The van der Waals surface area contributed by atoms with Crippen molar-refractivity contribution in [2.75, 3.05) is 6.54 Å². The van der Waals surface area contributed by atoms with Gasteiger partial charge in [-0.25, -0.2) is 8.42 Å². The molecule has 1 aliphatic rings. The second-order valence-corrected chi connectivity index (χ2v) is 9.45. The zero-order valence-corrected chi connectivity index (χ0v) is 17.9. The van der Waals surface area contributed by atoms with Crippen molar-refractivity contribution in [1.82, 2.24) is 9.62 Å². The third kappa shape index (κ3) is 4.97. The van der Waals surface area contributed by atoms with E-state index in [4.69, 9.17) is 4.74 Å². The number of amides is 1. The quantitative estimate of drug-likeness (QED) is 0.750. The van der Waals surface area contributed by atoms with E-state index in [1.807, 2.05) is 45.0 Å². The first-order chi connectivity index (χ1) is 13.8. The SMILES string of the molecule is CC(C)Oc1cccc([C@@H](C)NC(=O)[C@H]2CCCN2S(=O)(=O)c2ccccc2)c1. The number of hydrogen-bond acceptors (Lipinski definition) is 4. The first-order valence-corrected chi connectivity index (χ1v) is 11.4. The highest BCUT2D eigenvalue weighted by Gasteiger charge is 2.39. The number of carbonyl (C=O) groups is 1. The van der Waals surface area contributed by atoms with Gasteiger partial charge in [-0.1, -0.05) is 30.3 Å². The smallest absolute Gasteiger partial charge is 0.243 e. The molecule has 0 spiro atoms. The summed E-state index contributed by atoms with van der Waals surface area (Å²) in [7, 11) is -3.70. The van der Waals surface area contributed by atoms with Gasteiger partial charge in [0.1, 0.15) is 11.8 Å². The molecule has 0 unspecified atom stereocenters. The molecule has 3 rings (SSSR count). The Morgan fingerprint density at radius 1 is 1.10 bits per heavy atom. The van der Waals surface area contributed by atoms with Crippen LogP contribution in [0, 0.1) is 0 Å². The van der Waals surface area contributed by atoms with E-state index in [9.17, 15) is 13.2 Å². The molecule has 0 bridgehead atoms. The van der Waals surface area contributed by atoms with Crippen LogP contribution >= 0.6 is 0 Å². The normalized spacial score (nSPS) is 18.6. The lowest BCUT2D eigenvalue weighted by Crippen LogP contribution is -2.46. The Balaban J connectivity index is 1.73. The summed E-state index contributed by atoms with van der Waals surface area (Å²) < 4.78 is 33.0. The first kappa shape index (κ1) is 21.3. The van der Waals surface area contributed by atoms with Gasteiger partial charge in [0.2, 0.25) is 15.9 Å². The van der Waals surface area contributed by atoms with Crippen LogP contribution < -0.4 is 10.1 Å². The molecule has 29 heavy (non-hydrogen) atoms. The molecule has 6 nitrogen and oxygen atoms in total. The standard InChI is InChI=1S/C22H28N2O4S/c1-16(2)28-19-10-7-9-18(15-19)17(3)23-22(25)21-13-8-14-24(21)29(26,27)20-11-5-4-6-12-20/h4-7,9-12,15-17,21H,8,13-14H2,1-3H3,(H,23,25)/t17-,21-/m1/s1. The Morgan fingerprint density at radius 2 is 1.83 bits per heavy atom. The molecule has 1 N–H and O–H groups in total. The molecule has 0 aromatic heterocycles. The van der Waals surface area contributed by atoms with Gasteiger partial charge in [-0.05, 0) is 63.4 Å². The lowest BCUT2D eigenvalue weighted by molar-refractivity contribution is -0.124. The Kier molecular flexibility index (Phi) is 6.59. The van der Waals surface area contributed by atoms with Gasteiger partial charge in [-0.3, -0.25) is 4.79 Å². The van der Waals surface area contributed by atoms with Gasteiger partial charge in [0.15, 0.2) is 0 Å². The van der Waals surface area contributed by atoms with Crippen LogP contribution in [0.15, 0.2) is 59.5 Å². The molecular weight excluding hydrogens is 388 g/mol.